The van der Waals surface area contributed by atoms with Crippen molar-refractivity contribution in [2.24, 2.45) is 11.3 Å². The molecule has 0 bridgehead atoms. The highest BCUT2D eigenvalue weighted by atomic mass is 35.5. The van der Waals surface area contributed by atoms with Crippen LogP contribution in [0.5, 0.6) is 0 Å². The van der Waals surface area contributed by atoms with Crippen molar-refractivity contribution in [3.05, 3.63) is 0 Å². The third-order valence-corrected chi connectivity index (χ3v) is 2.32. The molecule has 0 heterocycles. The van der Waals surface area contributed by atoms with Crippen molar-refractivity contribution in [3.8, 4) is 0 Å². The molecule has 13 heavy (non-hydrogen) atoms. The number of nitrogens with one attached hydrogen (secondary N) is 1. The van der Waals surface area contributed by atoms with E-state index in [0.29, 0.717) is 5.88 Å². The summed E-state index contributed by atoms with van der Waals surface area (Å²) in [5.41, 5.74) is 0.275. The third kappa shape index (κ3) is 6.88. The molecule has 0 rings (SSSR count). The Balaban J connectivity index is 3.60. The molecule has 0 aliphatic heterocycles. The number of hydrogen-bond donors (Lipinski definition) is 1. The van der Waals surface area contributed by atoms with Crippen molar-refractivity contribution in [1.82, 2.24) is 5.32 Å². The van der Waals surface area contributed by atoms with E-state index in [1.54, 1.807) is 0 Å². The molecule has 0 aromatic heterocycles. The van der Waals surface area contributed by atoms with Crippen molar-refractivity contribution in [2.45, 2.75) is 34.1 Å². The quantitative estimate of drug-likeness (QED) is 0.702. The molecule has 0 aliphatic carbocycles. The molecule has 2 nitrogen and oxygen atoms in total. The van der Waals surface area contributed by atoms with Gasteiger partial charge in [-0.3, -0.25) is 4.79 Å². The van der Waals surface area contributed by atoms with Crippen LogP contribution in [0.2, 0.25) is 0 Å². The molecule has 0 spiro atoms. The Kier molecular flexibility index (Phi) is 5.38. The fraction of sp³-hybridized carbons (Fsp3) is 0.900. The van der Waals surface area contributed by atoms with Gasteiger partial charge in [-0.05, 0) is 11.8 Å². The Morgan fingerprint density at radius 3 is 2.38 bits per heavy atom. The summed E-state index contributed by atoms with van der Waals surface area (Å²) < 4.78 is 0. The molecule has 0 radical (unpaired) electrons. The lowest BCUT2D eigenvalue weighted by Gasteiger charge is -2.18. The van der Waals surface area contributed by atoms with Gasteiger partial charge in [-0.1, -0.05) is 27.7 Å². The Morgan fingerprint density at radius 1 is 1.46 bits per heavy atom. The zero-order chi connectivity index (χ0) is 10.5. The summed E-state index contributed by atoms with van der Waals surface area (Å²) in [6, 6.07) is 0. The van der Waals surface area contributed by atoms with Crippen LogP contribution >= 0.6 is 11.6 Å². The number of halogens is 1. The van der Waals surface area contributed by atoms with E-state index < -0.39 is 0 Å². The van der Waals surface area contributed by atoms with Gasteiger partial charge in [-0.15, -0.1) is 11.6 Å². The van der Waals surface area contributed by atoms with Gasteiger partial charge in [-0.25, -0.2) is 0 Å². The predicted octanol–water partition coefficient (Wildman–Crippen LogP) is 2.41. The van der Waals surface area contributed by atoms with Crippen molar-refractivity contribution in [1.29, 1.82) is 0 Å². The standard InChI is InChI=1S/C10H20ClNO/c1-8(7-11)9(13)12-6-5-10(2,3)4/h8H,5-7H2,1-4H3,(H,12,13). The largest absolute Gasteiger partial charge is 0.356 e. The summed E-state index contributed by atoms with van der Waals surface area (Å²) in [6.45, 7) is 9.04. The van der Waals surface area contributed by atoms with E-state index in [1.165, 1.54) is 0 Å². The van der Waals surface area contributed by atoms with Crippen LogP contribution in [-0.2, 0) is 4.79 Å². The highest BCUT2D eigenvalue weighted by Gasteiger charge is 2.13. The molecular weight excluding hydrogens is 186 g/mol. The van der Waals surface area contributed by atoms with Gasteiger partial charge < -0.3 is 5.32 Å². The first-order chi connectivity index (χ1) is 5.87. The van der Waals surface area contributed by atoms with Crippen molar-refractivity contribution in [2.75, 3.05) is 12.4 Å². The van der Waals surface area contributed by atoms with E-state index in [1.807, 2.05) is 6.92 Å². The van der Waals surface area contributed by atoms with Gasteiger partial charge in [0, 0.05) is 18.3 Å². The number of alkyl halides is 1. The maximum atomic E-state index is 11.3. The minimum absolute atomic E-state index is 0.0549. The van der Waals surface area contributed by atoms with Gasteiger partial charge in [0.05, 0.1) is 0 Å². The van der Waals surface area contributed by atoms with Gasteiger partial charge in [0.15, 0.2) is 0 Å². The number of rotatable bonds is 4. The fourth-order valence-electron chi connectivity index (χ4n) is 0.805. The summed E-state index contributed by atoms with van der Waals surface area (Å²) in [7, 11) is 0. The van der Waals surface area contributed by atoms with Crippen molar-refractivity contribution in [3.63, 3.8) is 0 Å². The number of amides is 1. The lowest BCUT2D eigenvalue weighted by molar-refractivity contribution is -0.123. The summed E-state index contributed by atoms with van der Waals surface area (Å²) >= 11 is 5.55. The minimum atomic E-state index is -0.0818. The Bertz CT molecular complexity index is 163. The lowest BCUT2D eigenvalue weighted by Crippen LogP contribution is -2.32. The number of hydrogen-bond acceptors (Lipinski definition) is 1. The molecular formula is C10H20ClNO. The molecule has 3 heteroatoms. The second-order valence-electron chi connectivity index (χ2n) is 4.66. The van der Waals surface area contributed by atoms with Gasteiger partial charge >= 0.3 is 0 Å². The summed E-state index contributed by atoms with van der Waals surface area (Å²) in [5.74, 6) is 0.363. The minimum Gasteiger partial charge on any atom is -0.356 e. The number of carbonyl (C=O) groups excluding carboxylic acids is 1. The van der Waals surface area contributed by atoms with Crippen LogP contribution in [0.25, 0.3) is 0 Å². The molecule has 0 saturated carbocycles. The van der Waals surface area contributed by atoms with Gasteiger partial charge in [0.1, 0.15) is 0 Å². The van der Waals surface area contributed by atoms with Crippen molar-refractivity contribution < 1.29 is 4.79 Å². The summed E-state index contributed by atoms with van der Waals surface area (Å²) in [6.07, 6.45) is 0.994. The van der Waals surface area contributed by atoms with E-state index in [2.05, 4.69) is 26.1 Å². The Morgan fingerprint density at radius 2 is 2.00 bits per heavy atom. The number of carbonyl (C=O) groups is 1. The molecule has 1 unspecified atom stereocenters. The van der Waals surface area contributed by atoms with Crippen LogP contribution in [-0.4, -0.2) is 18.3 Å². The smallest absolute Gasteiger partial charge is 0.224 e. The first kappa shape index (κ1) is 12.8. The summed E-state index contributed by atoms with van der Waals surface area (Å²) in [5, 5.41) is 2.87. The van der Waals surface area contributed by atoms with Gasteiger partial charge in [-0.2, -0.15) is 0 Å². The molecule has 0 aromatic carbocycles. The second kappa shape index (κ2) is 5.48. The molecule has 0 fully saturated rings. The van der Waals surface area contributed by atoms with E-state index in [9.17, 15) is 4.79 Å². The van der Waals surface area contributed by atoms with Gasteiger partial charge in [0.25, 0.3) is 0 Å². The van der Waals surface area contributed by atoms with Crippen LogP contribution in [0.3, 0.4) is 0 Å². The third-order valence-electron chi connectivity index (χ3n) is 1.85. The second-order valence-corrected chi connectivity index (χ2v) is 4.97. The maximum absolute atomic E-state index is 11.3. The van der Waals surface area contributed by atoms with E-state index in [4.69, 9.17) is 11.6 Å². The molecule has 78 valence electrons. The molecule has 0 aromatic rings. The average Bonchev–Trinajstić information content (AvgIpc) is 2.00. The summed E-state index contributed by atoms with van der Waals surface area (Å²) in [4.78, 5) is 11.3. The van der Waals surface area contributed by atoms with Crippen LogP contribution < -0.4 is 5.32 Å². The highest BCUT2D eigenvalue weighted by Crippen LogP contribution is 2.16. The van der Waals surface area contributed by atoms with Crippen molar-refractivity contribution >= 4 is 17.5 Å². The Hall–Kier alpha value is -0.240. The van der Waals surface area contributed by atoms with E-state index >= 15 is 0 Å². The van der Waals surface area contributed by atoms with Crippen LogP contribution in [0.4, 0.5) is 0 Å². The fourth-order valence-corrected chi connectivity index (χ4v) is 0.945. The zero-order valence-electron chi connectivity index (χ0n) is 8.98. The van der Waals surface area contributed by atoms with E-state index in [0.717, 1.165) is 13.0 Å². The molecule has 0 saturated heterocycles. The molecule has 1 amide bonds. The normalized spacial score (nSPS) is 13.9. The Labute approximate surface area is 86.0 Å². The van der Waals surface area contributed by atoms with Crippen LogP contribution in [0, 0.1) is 11.3 Å². The molecule has 1 atom stereocenters. The van der Waals surface area contributed by atoms with Gasteiger partial charge in [0.2, 0.25) is 5.91 Å². The molecule has 1 N–H and O–H groups in total. The van der Waals surface area contributed by atoms with E-state index in [-0.39, 0.29) is 17.2 Å². The molecule has 0 aliphatic rings. The lowest BCUT2D eigenvalue weighted by atomic mass is 9.92. The predicted molar refractivity (Wildman–Crippen MR) is 57.0 cm³/mol. The van der Waals surface area contributed by atoms with Crippen LogP contribution in [0.1, 0.15) is 34.1 Å². The maximum Gasteiger partial charge on any atom is 0.224 e. The first-order valence-electron chi connectivity index (χ1n) is 4.70. The SMILES string of the molecule is CC(CCl)C(=O)NCCC(C)(C)C. The first-order valence-corrected chi connectivity index (χ1v) is 5.24. The zero-order valence-corrected chi connectivity index (χ0v) is 9.74. The topological polar surface area (TPSA) is 29.1 Å². The monoisotopic (exact) mass is 205 g/mol. The van der Waals surface area contributed by atoms with Crippen LogP contribution in [0.15, 0.2) is 0 Å². The highest BCUT2D eigenvalue weighted by molar-refractivity contribution is 6.19. The average molecular weight is 206 g/mol.